The number of H-pyrrole nitrogens is 1. The van der Waals surface area contributed by atoms with Gasteiger partial charge in [-0.1, -0.05) is 19.9 Å². The Bertz CT molecular complexity index is 1260. The standard InChI is InChI=1S/C22H25N3O4S2/c1-3-24(4-2)31(28,29)15-9-10-18-16(13-15)17(14-21(26)23-18)22(27)25-11-5-7-19(25)20-8-6-12-30-20/h6,8-10,12-14,19H,3-5,7,11H2,1-2H3,(H,23,26)/t19-/m0/s1. The van der Waals surface area contributed by atoms with Gasteiger partial charge in [0.25, 0.3) is 5.91 Å². The first-order valence-electron chi connectivity index (χ1n) is 10.4. The second kappa shape index (κ2) is 8.57. The van der Waals surface area contributed by atoms with E-state index in [1.807, 2.05) is 17.5 Å². The number of thiophene rings is 1. The summed E-state index contributed by atoms with van der Waals surface area (Å²) in [5, 5.41) is 2.43. The van der Waals surface area contributed by atoms with Gasteiger partial charge >= 0.3 is 0 Å². The van der Waals surface area contributed by atoms with E-state index in [1.54, 1.807) is 36.2 Å². The van der Waals surface area contributed by atoms with Crippen molar-refractivity contribution in [3.63, 3.8) is 0 Å². The molecule has 4 rings (SSSR count). The van der Waals surface area contributed by atoms with E-state index in [1.165, 1.54) is 22.5 Å². The van der Waals surface area contributed by atoms with Gasteiger partial charge in [0, 0.05) is 41.5 Å². The number of rotatable bonds is 6. The minimum absolute atomic E-state index is 0.0237. The van der Waals surface area contributed by atoms with E-state index in [-0.39, 0.29) is 28.0 Å². The fourth-order valence-electron chi connectivity index (χ4n) is 4.22. The number of hydrogen-bond donors (Lipinski definition) is 1. The summed E-state index contributed by atoms with van der Waals surface area (Å²) in [7, 11) is -3.69. The first kappa shape index (κ1) is 21.7. The lowest BCUT2D eigenvalue weighted by atomic mass is 10.1. The van der Waals surface area contributed by atoms with E-state index in [2.05, 4.69) is 4.98 Å². The van der Waals surface area contributed by atoms with E-state index in [9.17, 15) is 18.0 Å². The Balaban J connectivity index is 1.82. The van der Waals surface area contributed by atoms with Crippen molar-refractivity contribution in [2.75, 3.05) is 19.6 Å². The highest BCUT2D eigenvalue weighted by molar-refractivity contribution is 7.89. The predicted molar refractivity (Wildman–Crippen MR) is 122 cm³/mol. The molecule has 1 atom stereocenters. The van der Waals surface area contributed by atoms with Crippen LogP contribution >= 0.6 is 11.3 Å². The maximum Gasteiger partial charge on any atom is 0.255 e. The molecule has 1 amide bonds. The van der Waals surface area contributed by atoms with Crippen LogP contribution in [0.2, 0.25) is 0 Å². The minimum Gasteiger partial charge on any atom is -0.331 e. The van der Waals surface area contributed by atoms with Crippen LogP contribution in [0.25, 0.3) is 10.9 Å². The number of aromatic amines is 1. The van der Waals surface area contributed by atoms with Crippen molar-refractivity contribution in [2.24, 2.45) is 0 Å². The van der Waals surface area contributed by atoms with Gasteiger partial charge in [0.2, 0.25) is 15.6 Å². The van der Waals surface area contributed by atoms with Gasteiger partial charge in [-0.05, 0) is 42.5 Å². The molecular weight excluding hydrogens is 434 g/mol. The Labute approximate surface area is 185 Å². The Morgan fingerprint density at radius 1 is 1.23 bits per heavy atom. The number of carbonyl (C=O) groups is 1. The molecule has 2 aromatic heterocycles. The molecule has 1 aliphatic rings. The molecule has 1 fully saturated rings. The number of likely N-dealkylation sites (tertiary alicyclic amines) is 1. The molecule has 0 aliphatic carbocycles. The van der Waals surface area contributed by atoms with Gasteiger partial charge in [0.05, 0.1) is 16.5 Å². The number of amides is 1. The molecule has 1 aromatic carbocycles. The zero-order valence-electron chi connectivity index (χ0n) is 17.5. The summed E-state index contributed by atoms with van der Waals surface area (Å²) in [6.45, 7) is 4.88. The molecule has 9 heteroatoms. The fraction of sp³-hybridized carbons (Fsp3) is 0.364. The van der Waals surface area contributed by atoms with Gasteiger partial charge < -0.3 is 9.88 Å². The molecule has 0 radical (unpaired) electrons. The van der Waals surface area contributed by atoms with Crippen LogP contribution in [0.4, 0.5) is 0 Å². The minimum atomic E-state index is -3.69. The van der Waals surface area contributed by atoms with Crippen molar-refractivity contribution >= 4 is 38.2 Å². The first-order valence-corrected chi connectivity index (χ1v) is 12.7. The SMILES string of the molecule is CCN(CC)S(=O)(=O)c1ccc2[nH]c(=O)cc(C(=O)N3CCC[C@H]3c3cccs3)c2c1. The molecule has 0 unspecified atom stereocenters. The third-order valence-corrected chi connectivity index (χ3v) is 8.79. The Hall–Kier alpha value is -2.49. The maximum atomic E-state index is 13.5. The quantitative estimate of drug-likeness (QED) is 0.610. The summed E-state index contributed by atoms with van der Waals surface area (Å²) in [5.74, 6) is -0.246. The number of hydrogen-bond acceptors (Lipinski definition) is 5. The molecule has 0 saturated carbocycles. The molecule has 1 aliphatic heterocycles. The summed E-state index contributed by atoms with van der Waals surface area (Å²) in [6, 6.07) is 9.78. The zero-order chi connectivity index (χ0) is 22.2. The number of nitrogens with one attached hydrogen (secondary N) is 1. The number of sulfonamides is 1. The molecule has 3 heterocycles. The average Bonchev–Trinajstić information content (AvgIpc) is 3.44. The largest absolute Gasteiger partial charge is 0.331 e. The van der Waals surface area contributed by atoms with Crippen molar-refractivity contribution in [2.45, 2.75) is 37.6 Å². The third kappa shape index (κ3) is 3.93. The van der Waals surface area contributed by atoms with E-state index < -0.39 is 10.0 Å². The summed E-state index contributed by atoms with van der Waals surface area (Å²) in [6.07, 6.45) is 1.76. The van der Waals surface area contributed by atoms with Crippen LogP contribution in [0.1, 0.15) is 48.0 Å². The molecule has 1 N–H and O–H groups in total. The highest BCUT2D eigenvalue weighted by Gasteiger charge is 2.32. The second-order valence-corrected chi connectivity index (χ2v) is 10.4. The number of aromatic nitrogens is 1. The number of carbonyl (C=O) groups excluding carboxylic acids is 1. The molecule has 1 saturated heterocycles. The highest BCUT2D eigenvalue weighted by atomic mass is 32.2. The van der Waals surface area contributed by atoms with Crippen molar-refractivity contribution in [1.82, 2.24) is 14.2 Å². The van der Waals surface area contributed by atoms with Crippen molar-refractivity contribution in [3.05, 3.63) is 62.6 Å². The van der Waals surface area contributed by atoms with Crippen LogP contribution in [0.15, 0.2) is 51.5 Å². The Kier molecular flexibility index (Phi) is 6.00. The lowest BCUT2D eigenvalue weighted by Crippen LogP contribution is -2.32. The van der Waals surface area contributed by atoms with E-state index in [4.69, 9.17) is 0 Å². The lowest BCUT2D eigenvalue weighted by molar-refractivity contribution is 0.0739. The fourth-order valence-corrected chi connectivity index (χ4v) is 6.58. The van der Waals surface area contributed by atoms with Crippen LogP contribution < -0.4 is 5.56 Å². The van der Waals surface area contributed by atoms with Crippen LogP contribution in [-0.4, -0.2) is 48.1 Å². The van der Waals surface area contributed by atoms with Gasteiger partial charge in [-0.25, -0.2) is 8.42 Å². The molecule has 31 heavy (non-hydrogen) atoms. The topological polar surface area (TPSA) is 90.5 Å². The normalized spacial score (nSPS) is 17.0. The van der Waals surface area contributed by atoms with Gasteiger partial charge in [-0.15, -0.1) is 11.3 Å². The van der Waals surface area contributed by atoms with Gasteiger partial charge in [-0.3, -0.25) is 9.59 Å². The van der Waals surface area contributed by atoms with Crippen LogP contribution in [0, 0.1) is 0 Å². The molecule has 3 aromatic rings. The van der Waals surface area contributed by atoms with Crippen molar-refractivity contribution in [1.29, 1.82) is 0 Å². The smallest absolute Gasteiger partial charge is 0.255 e. The van der Waals surface area contributed by atoms with Gasteiger partial charge in [0.1, 0.15) is 0 Å². The molecular formula is C22H25N3O4S2. The van der Waals surface area contributed by atoms with Crippen LogP contribution in [0.3, 0.4) is 0 Å². The van der Waals surface area contributed by atoms with Crippen LogP contribution in [0.5, 0.6) is 0 Å². The summed E-state index contributed by atoms with van der Waals surface area (Å²) < 4.78 is 27.4. The average molecular weight is 460 g/mol. The first-order chi connectivity index (χ1) is 14.9. The van der Waals surface area contributed by atoms with Crippen LogP contribution in [-0.2, 0) is 10.0 Å². The summed E-state index contributed by atoms with van der Waals surface area (Å²) in [4.78, 5) is 31.6. The van der Waals surface area contributed by atoms with Gasteiger partial charge in [0.15, 0.2) is 0 Å². The number of fused-ring (bicyclic) bond motifs is 1. The Morgan fingerprint density at radius 3 is 2.68 bits per heavy atom. The highest BCUT2D eigenvalue weighted by Crippen LogP contribution is 2.36. The lowest BCUT2D eigenvalue weighted by Gasteiger charge is -2.24. The predicted octanol–water partition coefficient (Wildman–Crippen LogP) is 3.60. The van der Waals surface area contributed by atoms with E-state index >= 15 is 0 Å². The zero-order valence-corrected chi connectivity index (χ0v) is 19.1. The summed E-state index contributed by atoms with van der Waals surface area (Å²) in [5.41, 5.74) is 0.294. The van der Waals surface area contributed by atoms with E-state index in [0.717, 1.165) is 17.7 Å². The van der Waals surface area contributed by atoms with Crippen molar-refractivity contribution < 1.29 is 13.2 Å². The Morgan fingerprint density at radius 2 is 2.00 bits per heavy atom. The molecule has 7 nitrogen and oxygen atoms in total. The number of pyridine rings is 1. The monoisotopic (exact) mass is 459 g/mol. The third-order valence-electron chi connectivity index (χ3n) is 5.77. The maximum absolute atomic E-state index is 13.5. The number of nitrogens with zero attached hydrogens (tertiary/aromatic N) is 2. The molecule has 164 valence electrons. The van der Waals surface area contributed by atoms with Gasteiger partial charge in [-0.2, -0.15) is 4.31 Å². The van der Waals surface area contributed by atoms with Crippen molar-refractivity contribution in [3.8, 4) is 0 Å². The molecule has 0 bridgehead atoms. The van der Waals surface area contributed by atoms with E-state index in [0.29, 0.717) is 30.5 Å². The summed E-state index contributed by atoms with van der Waals surface area (Å²) >= 11 is 1.61. The number of benzene rings is 1. The molecule has 0 spiro atoms. The second-order valence-electron chi connectivity index (χ2n) is 7.52.